The molecule has 2 heterocycles. The maximum atomic E-state index is 10.4. The van der Waals surface area contributed by atoms with Gasteiger partial charge in [0.2, 0.25) is 0 Å². The van der Waals surface area contributed by atoms with E-state index in [9.17, 15) is 18.4 Å². The first kappa shape index (κ1) is 34.2. The number of likely N-dealkylation sites (tertiary alicyclic amines) is 1. The number of hydrogen-bond donors (Lipinski definition) is 1. The van der Waals surface area contributed by atoms with E-state index in [1.54, 1.807) is 11.3 Å². The number of thiophene rings is 1. The zero-order valence-corrected chi connectivity index (χ0v) is 25.2. The summed E-state index contributed by atoms with van der Waals surface area (Å²) < 4.78 is 31.1. The van der Waals surface area contributed by atoms with E-state index in [1.165, 1.54) is 11.3 Å². The van der Waals surface area contributed by atoms with Crippen LogP contribution in [-0.2, 0) is 5.54 Å². The zero-order chi connectivity index (χ0) is 29.8. The minimum absolute atomic E-state index is 0.177. The zero-order valence-electron chi connectivity index (χ0n) is 24.3. The van der Waals surface area contributed by atoms with E-state index < -0.39 is 11.7 Å². The Balaban J connectivity index is 0.000000838. The van der Waals surface area contributed by atoms with Gasteiger partial charge in [-0.25, -0.2) is 4.99 Å². The molecule has 39 heavy (non-hydrogen) atoms. The van der Waals surface area contributed by atoms with Crippen molar-refractivity contribution in [3.63, 3.8) is 0 Å². The Morgan fingerprint density at radius 2 is 1.79 bits per heavy atom. The Morgan fingerprint density at radius 1 is 1.23 bits per heavy atom. The van der Waals surface area contributed by atoms with Gasteiger partial charge in [0.15, 0.2) is 5.96 Å². The van der Waals surface area contributed by atoms with Crippen LogP contribution in [0.2, 0.25) is 0 Å². The van der Waals surface area contributed by atoms with Gasteiger partial charge >= 0.3 is 6.18 Å². The molecule has 0 radical (unpaired) electrons. The predicted octanol–water partition coefficient (Wildman–Crippen LogP) is 7.51. The molecule has 0 bridgehead atoms. The van der Waals surface area contributed by atoms with Crippen molar-refractivity contribution in [1.82, 2.24) is 9.80 Å². The molecule has 0 amide bonds. The maximum Gasteiger partial charge on any atom is 0.386 e. The van der Waals surface area contributed by atoms with Crippen LogP contribution in [0.1, 0.15) is 57.4 Å². The van der Waals surface area contributed by atoms with Crippen LogP contribution >= 0.6 is 11.3 Å². The Hall–Kier alpha value is -2.83. The highest BCUT2D eigenvalue weighted by Gasteiger charge is 2.41. The van der Waals surface area contributed by atoms with E-state index in [0.29, 0.717) is 17.4 Å². The topological polar surface area (TPSA) is 68.7 Å². The summed E-state index contributed by atoms with van der Waals surface area (Å²) in [6.07, 6.45) is 1.59. The van der Waals surface area contributed by atoms with E-state index in [4.69, 9.17) is 10.7 Å². The van der Waals surface area contributed by atoms with Gasteiger partial charge in [0, 0.05) is 31.8 Å². The van der Waals surface area contributed by atoms with Crippen LogP contribution in [0.5, 0.6) is 0 Å². The highest BCUT2D eigenvalue weighted by atomic mass is 32.1. The van der Waals surface area contributed by atoms with Crippen molar-refractivity contribution in [1.29, 1.82) is 5.26 Å². The van der Waals surface area contributed by atoms with E-state index >= 15 is 0 Å². The number of aliphatic imine (C=N–C) groups is 1. The maximum absolute atomic E-state index is 10.4. The molecule has 2 unspecified atom stereocenters. The molecule has 2 atom stereocenters. The van der Waals surface area contributed by atoms with Crippen LogP contribution in [-0.4, -0.2) is 56.2 Å². The highest BCUT2D eigenvalue weighted by Crippen LogP contribution is 2.45. The van der Waals surface area contributed by atoms with Crippen molar-refractivity contribution >= 4 is 17.3 Å². The summed E-state index contributed by atoms with van der Waals surface area (Å²) in [5, 5.41) is 11.4. The van der Waals surface area contributed by atoms with Gasteiger partial charge in [-0.15, -0.1) is 17.9 Å². The van der Waals surface area contributed by atoms with Crippen LogP contribution < -0.4 is 5.73 Å². The first-order chi connectivity index (χ1) is 18.2. The third-order valence-corrected chi connectivity index (χ3v) is 7.56. The molecule has 0 saturated carbocycles. The van der Waals surface area contributed by atoms with Crippen molar-refractivity contribution in [3.8, 4) is 17.2 Å². The molecule has 1 aliphatic heterocycles. The smallest absolute Gasteiger partial charge is 0.370 e. The lowest BCUT2D eigenvalue weighted by molar-refractivity contribution is -0.110. The molecular weight excluding hydrogens is 519 g/mol. The molecule has 2 N–H and O–H groups in total. The Morgan fingerprint density at radius 3 is 2.28 bits per heavy atom. The van der Waals surface area contributed by atoms with Crippen LogP contribution in [0.3, 0.4) is 0 Å². The number of hydrogen-bond acceptors (Lipinski definition) is 4. The third-order valence-electron chi connectivity index (χ3n) is 6.40. The predicted molar refractivity (Wildman–Crippen MR) is 159 cm³/mol. The summed E-state index contributed by atoms with van der Waals surface area (Å²) >= 11 is 1.70. The molecule has 5 nitrogen and oxygen atoms in total. The number of nitriles is 1. The van der Waals surface area contributed by atoms with Crippen LogP contribution in [0, 0.1) is 23.2 Å². The van der Waals surface area contributed by atoms with E-state index in [-0.39, 0.29) is 12.8 Å². The number of piperidine rings is 1. The lowest BCUT2D eigenvalue weighted by Crippen LogP contribution is -2.42. The SMILES string of the molecule is C=CC(C1CCN(C)CC1)C(C)(N=C(N)N(C)C)c1cc(-c2cccc(C#N)c2)cs1.CC(F)(F)F.CCC. The number of guanidine groups is 1. The summed E-state index contributed by atoms with van der Waals surface area (Å²) in [6, 6.07) is 12.2. The van der Waals surface area contributed by atoms with Gasteiger partial charge in [-0.3, -0.25) is 0 Å². The molecular formula is C30H44F3N5S. The number of halogens is 3. The standard InChI is InChI=1S/C25H33N5S.C3H8.C2H3F3/c1-6-22(19-10-12-30(5)13-11-19)25(2,28-24(27)29(3)4)23-15-21(17-31-23)20-9-7-8-18(14-20)16-26;1-3-2;1-2(3,4)5/h6-9,14-15,17,19,22H,1,10-13H2,2-5H3,(H2,27,28);3H2,1-2H3;1H3. The van der Waals surface area contributed by atoms with E-state index in [1.807, 2.05) is 43.3 Å². The normalized spacial score (nSPS) is 16.9. The van der Waals surface area contributed by atoms with Gasteiger partial charge < -0.3 is 15.5 Å². The number of benzene rings is 1. The van der Waals surface area contributed by atoms with E-state index in [0.717, 1.165) is 37.1 Å². The molecule has 9 heteroatoms. The molecule has 1 fully saturated rings. The largest absolute Gasteiger partial charge is 0.386 e. The second-order valence-electron chi connectivity index (χ2n) is 10.3. The molecule has 3 rings (SSSR count). The first-order valence-corrected chi connectivity index (χ1v) is 14.1. The second-order valence-corrected chi connectivity index (χ2v) is 11.2. The number of alkyl halides is 3. The molecule has 0 aliphatic carbocycles. The fourth-order valence-corrected chi connectivity index (χ4v) is 5.50. The Labute approximate surface area is 236 Å². The monoisotopic (exact) mass is 563 g/mol. The fourth-order valence-electron chi connectivity index (χ4n) is 4.42. The first-order valence-electron chi connectivity index (χ1n) is 13.2. The van der Waals surface area contributed by atoms with Gasteiger partial charge in [-0.1, -0.05) is 38.5 Å². The number of nitrogens with zero attached hydrogens (tertiary/aromatic N) is 4. The minimum atomic E-state index is -4.00. The molecule has 2 aromatic rings. The number of nitrogens with two attached hydrogens (primary N) is 1. The lowest BCUT2D eigenvalue weighted by atomic mass is 9.72. The molecule has 1 saturated heterocycles. The summed E-state index contributed by atoms with van der Waals surface area (Å²) in [7, 11) is 6.03. The number of rotatable bonds is 6. The highest BCUT2D eigenvalue weighted by molar-refractivity contribution is 7.10. The molecule has 1 aliphatic rings. The van der Waals surface area contributed by atoms with Crippen LogP contribution in [0.25, 0.3) is 11.1 Å². The van der Waals surface area contributed by atoms with E-state index in [2.05, 4.69) is 62.9 Å². The van der Waals surface area contributed by atoms with Crippen molar-refractivity contribution in [2.75, 3.05) is 34.2 Å². The summed E-state index contributed by atoms with van der Waals surface area (Å²) in [5.74, 6) is 1.20. The third kappa shape index (κ3) is 11.1. The van der Waals surface area contributed by atoms with Crippen LogP contribution in [0.15, 0.2) is 53.4 Å². The Bertz CT molecular complexity index is 1090. The van der Waals surface area contributed by atoms with Gasteiger partial charge in [0.1, 0.15) is 5.54 Å². The molecule has 0 spiro atoms. The average Bonchev–Trinajstić information content (AvgIpc) is 3.36. The molecule has 216 valence electrons. The Kier molecular flexibility index (Phi) is 13.8. The van der Waals surface area contributed by atoms with Gasteiger partial charge in [0.25, 0.3) is 0 Å². The second kappa shape index (κ2) is 15.7. The van der Waals surface area contributed by atoms with Crippen molar-refractivity contribution < 1.29 is 13.2 Å². The van der Waals surface area contributed by atoms with Gasteiger partial charge in [0.05, 0.1) is 11.6 Å². The van der Waals surface area contributed by atoms with Crippen molar-refractivity contribution in [2.45, 2.75) is 58.7 Å². The van der Waals surface area contributed by atoms with Crippen LogP contribution in [0.4, 0.5) is 13.2 Å². The van der Waals surface area contributed by atoms with Gasteiger partial charge in [-0.05, 0) is 80.5 Å². The average molecular weight is 564 g/mol. The summed E-state index contributed by atoms with van der Waals surface area (Å²) in [4.78, 5) is 10.5. The quantitative estimate of drug-likeness (QED) is 0.224. The lowest BCUT2D eigenvalue weighted by Gasteiger charge is -2.41. The fraction of sp³-hybridized carbons (Fsp3) is 0.533. The minimum Gasteiger partial charge on any atom is -0.370 e. The summed E-state index contributed by atoms with van der Waals surface area (Å²) in [5.41, 5.74) is 8.65. The van der Waals surface area contributed by atoms with Gasteiger partial charge in [-0.2, -0.15) is 18.4 Å². The molecule has 1 aromatic heterocycles. The summed E-state index contributed by atoms with van der Waals surface area (Å²) in [6.45, 7) is 13.0. The van der Waals surface area contributed by atoms with Crippen molar-refractivity contribution in [3.05, 3.63) is 58.8 Å². The molecule has 1 aromatic carbocycles. The van der Waals surface area contributed by atoms with Crippen molar-refractivity contribution in [2.24, 2.45) is 22.6 Å².